The molecule has 1 aliphatic heterocycles. The lowest BCUT2D eigenvalue weighted by Gasteiger charge is -2.25. The first kappa shape index (κ1) is 17.6. The highest BCUT2D eigenvalue weighted by molar-refractivity contribution is 5.56. The molecule has 0 unspecified atom stereocenters. The Morgan fingerprint density at radius 3 is 2.93 bits per heavy atom. The van der Waals surface area contributed by atoms with Crippen molar-refractivity contribution < 1.29 is 4.42 Å². The summed E-state index contributed by atoms with van der Waals surface area (Å²) in [5.41, 5.74) is 7.45. The van der Waals surface area contributed by atoms with Gasteiger partial charge >= 0.3 is 0 Å². The first-order valence-electron chi connectivity index (χ1n) is 9.70. The molecule has 1 atom stereocenters. The average Bonchev–Trinajstić information content (AvgIpc) is 3.48. The molecule has 148 valence electrons. The highest BCUT2D eigenvalue weighted by Gasteiger charge is 2.24. The Bertz CT molecular complexity index is 1090. The van der Waals surface area contributed by atoms with Crippen molar-refractivity contribution in [1.29, 1.82) is 0 Å². The van der Waals surface area contributed by atoms with Gasteiger partial charge < -0.3 is 15.5 Å². The van der Waals surface area contributed by atoms with Crippen LogP contribution in [0.25, 0.3) is 17.4 Å². The molecular formula is C20H22N8O. The van der Waals surface area contributed by atoms with Crippen LogP contribution in [0.1, 0.15) is 18.4 Å². The lowest BCUT2D eigenvalue weighted by Crippen LogP contribution is -2.34. The maximum atomic E-state index is 6.17. The van der Waals surface area contributed by atoms with Gasteiger partial charge in [0.1, 0.15) is 11.6 Å². The molecule has 0 aliphatic carbocycles. The topological polar surface area (TPSA) is 110 Å². The van der Waals surface area contributed by atoms with Gasteiger partial charge in [0, 0.05) is 37.6 Å². The number of hydrogen-bond donors (Lipinski definition) is 2. The molecule has 5 rings (SSSR count). The van der Waals surface area contributed by atoms with Crippen molar-refractivity contribution in [2.75, 3.05) is 24.1 Å². The maximum absolute atomic E-state index is 6.17. The normalized spacial score (nSPS) is 17.2. The van der Waals surface area contributed by atoms with Crippen LogP contribution in [0.5, 0.6) is 0 Å². The fourth-order valence-electron chi connectivity index (χ4n) is 3.77. The summed E-state index contributed by atoms with van der Waals surface area (Å²) in [4.78, 5) is 15.6. The van der Waals surface area contributed by atoms with Crippen LogP contribution in [-0.4, -0.2) is 48.6 Å². The van der Waals surface area contributed by atoms with Crippen LogP contribution in [0.3, 0.4) is 0 Å². The zero-order valence-corrected chi connectivity index (χ0v) is 15.9. The van der Waals surface area contributed by atoms with Gasteiger partial charge in [-0.25, -0.2) is 0 Å². The van der Waals surface area contributed by atoms with Crippen molar-refractivity contribution in [1.82, 2.24) is 29.5 Å². The fraction of sp³-hybridized carbons (Fsp3) is 0.300. The number of furan rings is 1. The van der Waals surface area contributed by atoms with E-state index in [2.05, 4.69) is 42.4 Å². The third-order valence-electron chi connectivity index (χ3n) is 5.23. The second-order valence-electron chi connectivity index (χ2n) is 7.19. The molecule has 0 bridgehead atoms. The van der Waals surface area contributed by atoms with E-state index in [1.54, 1.807) is 18.4 Å². The summed E-state index contributed by atoms with van der Waals surface area (Å²) in [6, 6.07) is 9.97. The Morgan fingerprint density at radius 1 is 1.21 bits per heavy atom. The summed E-state index contributed by atoms with van der Waals surface area (Å²) in [7, 11) is 0. The molecule has 1 aliphatic rings. The molecule has 0 spiro atoms. The van der Waals surface area contributed by atoms with Crippen molar-refractivity contribution in [3.05, 3.63) is 54.6 Å². The Balaban J connectivity index is 1.30. The molecule has 29 heavy (non-hydrogen) atoms. The van der Waals surface area contributed by atoms with Crippen molar-refractivity contribution >= 4 is 17.4 Å². The molecule has 4 aromatic rings. The van der Waals surface area contributed by atoms with Gasteiger partial charge in [-0.2, -0.15) is 14.5 Å². The molecule has 9 nitrogen and oxygen atoms in total. The first-order chi connectivity index (χ1) is 14.3. The van der Waals surface area contributed by atoms with Crippen LogP contribution in [0.4, 0.5) is 11.6 Å². The van der Waals surface area contributed by atoms with Crippen LogP contribution in [-0.2, 0) is 6.54 Å². The van der Waals surface area contributed by atoms with Crippen molar-refractivity contribution in [2.45, 2.75) is 25.4 Å². The number of hydrogen-bond acceptors (Lipinski definition) is 8. The number of fused-ring (bicyclic) bond motifs is 1. The monoisotopic (exact) mass is 390 g/mol. The predicted octanol–water partition coefficient (Wildman–Crippen LogP) is 2.44. The highest BCUT2D eigenvalue weighted by atomic mass is 16.3. The summed E-state index contributed by atoms with van der Waals surface area (Å²) in [6.07, 6.45) is 7.63. The van der Waals surface area contributed by atoms with Crippen molar-refractivity contribution in [2.24, 2.45) is 0 Å². The van der Waals surface area contributed by atoms with Gasteiger partial charge in [0.05, 0.1) is 6.26 Å². The lowest BCUT2D eigenvalue weighted by molar-refractivity contribution is 0.254. The zero-order chi connectivity index (χ0) is 19.6. The summed E-state index contributed by atoms with van der Waals surface area (Å²) >= 11 is 0. The molecule has 0 aromatic carbocycles. The number of nitrogens with zero attached hydrogens (tertiary/aromatic N) is 6. The van der Waals surface area contributed by atoms with Gasteiger partial charge in [-0.3, -0.25) is 9.88 Å². The van der Waals surface area contributed by atoms with Crippen molar-refractivity contribution in [3.8, 4) is 11.6 Å². The van der Waals surface area contributed by atoms with Gasteiger partial charge in [-0.15, -0.1) is 5.10 Å². The second-order valence-corrected chi connectivity index (χ2v) is 7.19. The molecule has 1 fully saturated rings. The van der Waals surface area contributed by atoms with E-state index in [1.807, 2.05) is 18.5 Å². The third-order valence-corrected chi connectivity index (χ3v) is 5.23. The van der Waals surface area contributed by atoms with Crippen LogP contribution >= 0.6 is 0 Å². The minimum atomic E-state index is 0.443. The summed E-state index contributed by atoms with van der Waals surface area (Å²) in [5, 5.41) is 7.81. The van der Waals surface area contributed by atoms with E-state index in [0.29, 0.717) is 35.0 Å². The molecule has 3 N–H and O–H groups in total. The SMILES string of the molecule is Nc1cc(NC[C@H]2CCCN2Cc2ccncc2)nc2nc(-c3ccco3)nn12. The number of likely N-dealkylation sites (tertiary alicyclic amines) is 1. The maximum Gasteiger partial charge on any atom is 0.256 e. The van der Waals surface area contributed by atoms with E-state index in [4.69, 9.17) is 10.2 Å². The van der Waals surface area contributed by atoms with Gasteiger partial charge in [0.2, 0.25) is 5.82 Å². The Morgan fingerprint density at radius 2 is 2.10 bits per heavy atom. The number of nitrogens with two attached hydrogens (primary N) is 1. The molecule has 0 radical (unpaired) electrons. The molecular weight excluding hydrogens is 368 g/mol. The highest BCUT2D eigenvalue weighted by Crippen LogP contribution is 2.22. The number of anilines is 2. The average molecular weight is 390 g/mol. The largest absolute Gasteiger partial charge is 0.461 e. The molecule has 5 heterocycles. The van der Waals surface area contributed by atoms with Crippen LogP contribution in [0.2, 0.25) is 0 Å². The Hall–Kier alpha value is -3.46. The Labute approximate surface area is 167 Å². The second kappa shape index (κ2) is 7.51. The standard InChI is InChI=1S/C20H22N8O/c21-17-11-18(24-20-25-19(26-28(17)20)16-4-2-10-29-16)23-12-15-3-1-9-27(15)13-14-5-7-22-8-6-14/h2,4-8,10-11,15H,1,3,9,12-13,21H2,(H,23,24,25,26)/t15-/m1/s1. The van der Waals surface area contributed by atoms with E-state index >= 15 is 0 Å². The van der Waals surface area contributed by atoms with E-state index < -0.39 is 0 Å². The van der Waals surface area contributed by atoms with Crippen LogP contribution in [0, 0.1) is 0 Å². The molecule has 0 saturated carbocycles. The van der Waals surface area contributed by atoms with Gasteiger partial charge in [0.25, 0.3) is 5.78 Å². The predicted molar refractivity (Wildman–Crippen MR) is 109 cm³/mol. The summed E-state index contributed by atoms with van der Waals surface area (Å²) in [6.45, 7) is 2.83. The number of pyridine rings is 1. The number of nitrogens with one attached hydrogen (secondary N) is 1. The smallest absolute Gasteiger partial charge is 0.256 e. The van der Waals surface area contributed by atoms with E-state index in [0.717, 1.165) is 26.1 Å². The van der Waals surface area contributed by atoms with Gasteiger partial charge in [0.15, 0.2) is 5.76 Å². The number of nitrogen functional groups attached to an aromatic ring is 1. The quantitative estimate of drug-likeness (QED) is 0.516. The van der Waals surface area contributed by atoms with Crippen LogP contribution < -0.4 is 11.1 Å². The first-order valence-corrected chi connectivity index (χ1v) is 9.70. The van der Waals surface area contributed by atoms with Gasteiger partial charge in [-0.1, -0.05) is 0 Å². The van der Waals surface area contributed by atoms with Gasteiger partial charge in [-0.05, 0) is 49.2 Å². The lowest BCUT2D eigenvalue weighted by atomic mass is 10.2. The fourth-order valence-corrected chi connectivity index (χ4v) is 3.77. The van der Waals surface area contributed by atoms with E-state index in [9.17, 15) is 0 Å². The molecule has 9 heteroatoms. The minimum Gasteiger partial charge on any atom is -0.461 e. The molecule has 1 saturated heterocycles. The zero-order valence-electron chi connectivity index (χ0n) is 15.9. The number of rotatable bonds is 6. The minimum absolute atomic E-state index is 0.443. The van der Waals surface area contributed by atoms with E-state index in [-0.39, 0.29) is 0 Å². The number of aromatic nitrogens is 5. The summed E-state index contributed by atoms with van der Waals surface area (Å²) < 4.78 is 6.89. The summed E-state index contributed by atoms with van der Waals surface area (Å²) in [5.74, 6) is 2.67. The van der Waals surface area contributed by atoms with E-state index in [1.165, 1.54) is 16.5 Å². The molecule has 0 amide bonds. The Kier molecular flexibility index (Phi) is 4.57. The van der Waals surface area contributed by atoms with Crippen molar-refractivity contribution in [3.63, 3.8) is 0 Å². The van der Waals surface area contributed by atoms with Crippen LogP contribution in [0.15, 0.2) is 53.4 Å². The third kappa shape index (κ3) is 3.64. The molecule has 4 aromatic heterocycles.